The molecule has 1 heterocycles. The maximum absolute atomic E-state index is 12.9. The monoisotopic (exact) mass is 875 g/mol. The van der Waals surface area contributed by atoms with Crippen LogP contribution >= 0.6 is 0 Å². The quantitative estimate of drug-likeness (QED) is 0.0198. The van der Waals surface area contributed by atoms with E-state index in [1.165, 1.54) is 103 Å². The first-order chi connectivity index (χ1) is 29.1. The van der Waals surface area contributed by atoms with Crippen LogP contribution in [0.4, 0.5) is 0 Å². The van der Waals surface area contributed by atoms with Gasteiger partial charge in [0.05, 0.1) is 19.8 Å². The predicted octanol–water partition coefficient (Wildman–Crippen LogP) is 10.2. The summed E-state index contributed by atoms with van der Waals surface area (Å²) in [5.74, 6) is -0.401. The van der Waals surface area contributed by atoms with E-state index in [1.54, 1.807) is 0 Å². The fourth-order valence-electron chi connectivity index (χ4n) is 7.22. The van der Waals surface area contributed by atoms with Gasteiger partial charge in [-0.25, -0.2) is 4.18 Å². The van der Waals surface area contributed by atoms with Crippen LogP contribution < -0.4 is 0 Å². The van der Waals surface area contributed by atoms with Crippen molar-refractivity contribution in [3.8, 4) is 0 Å². The molecule has 4 N–H and O–H groups in total. The van der Waals surface area contributed by atoms with E-state index in [1.807, 2.05) is 0 Å². The molecule has 0 aromatic heterocycles. The van der Waals surface area contributed by atoms with Crippen LogP contribution in [0.2, 0.25) is 0 Å². The van der Waals surface area contributed by atoms with E-state index < -0.39 is 59.8 Å². The van der Waals surface area contributed by atoms with Crippen molar-refractivity contribution >= 4 is 16.4 Å². The lowest BCUT2D eigenvalue weighted by atomic mass is 9.99. The molecule has 1 saturated heterocycles. The lowest BCUT2D eigenvalue weighted by Crippen LogP contribution is -2.60. The molecule has 0 bridgehead atoms. The number of hydrogen-bond acceptors (Lipinski definition) is 11. The molecule has 1 rings (SSSR count). The number of ether oxygens (including phenoxy) is 4. The van der Waals surface area contributed by atoms with E-state index in [4.69, 9.17) is 23.5 Å². The Hall–Kier alpha value is -1.68. The van der Waals surface area contributed by atoms with Crippen molar-refractivity contribution in [2.75, 3.05) is 26.4 Å². The molecule has 13 heteroatoms. The second-order valence-corrected chi connectivity index (χ2v) is 17.4. The number of unbranched alkanes of at least 4 members (excludes halogenated alkanes) is 22. The number of esters is 1. The lowest BCUT2D eigenvalue weighted by Gasteiger charge is -2.41. The molecule has 6 atom stereocenters. The summed E-state index contributed by atoms with van der Waals surface area (Å²) in [4.78, 5) is 12.9. The van der Waals surface area contributed by atoms with Gasteiger partial charge >= 0.3 is 16.4 Å². The molecule has 1 aliphatic rings. The molecule has 0 amide bonds. The fourth-order valence-corrected chi connectivity index (χ4v) is 7.73. The van der Waals surface area contributed by atoms with Gasteiger partial charge < -0.3 is 34.3 Å². The summed E-state index contributed by atoms with van der Waals surface area (Å²) in [7, 11) is -5.06. The highest BCUT2D eigenvalue weighted by Gasteiger charge is 2.48. The Morgan fingerprint density at radius 2 is 1.15 bits per heavy atom. The lowest BCUT2D eigenvalue weighted by molar-refractivity contribution is -0.301. The number of carbonyl (C=O) groups is 1. The summed E-state index contributed by atoms with van der Waals surface area (Å²) < 4.78 is 59.1. The summed E-state index contributed by atoms with van der Waals surface area (Å²) in [6.45, 7) is 3.88. The minimum absolute atomic E-state index is 0.0332. The van der Waals surface area contributed by atoms with Crippen LogP contribution in [-0.2, 0) is 38.3 Å². The number of carbonyl (C=O) groups excluding carboxylic acids is 1. The Balaban J connectivity index is 2.40. The van der Waals surface area contributed by atoms with Crippen molar-refractivity contribution in [1.82, 2.24) is 0 Å². The molecular formula is C47H86O12S. The van der Waals surface area contributed by atoms with Crippen molar-refractivity contribution in [3.05, 3.63) is 36.5 Å². The normalized spacial score (nSPS) is 20.5. The van der Waals surface area contributed by atoms with Gasteiger partial charge in [-0.3, -0.25) is 9.35 Å². The highest BCUT2D eigenvalue weighted by atomic mass is 32.3. The molecule has 0 aliphatic carbocycles. The first kappa shape index (κ1) is 56.3. The Kier molecular flexibility index (Phi) is 36.6. The summed E-state index contributed by atoms with van der Waals surface area (Å²) >= 11 is 0. The van der Waals surface area contributed by atoms with E-state index in [-0.39, 0.29) is 19.6 Å². The number of hydrogen-bond donors (Lipinski definition) is 4. The zero-order valence-corrected chi connectivity index (χ0v) is 38.3. The van der Waals surface area contributed by atoms with Crippen molar-refractivity contribution < 1.29 is 56.2 Å². The highest BCUT2D eigenvalue weighted by Crippen LogP contribution is 2.26. The van der Waals surface area contributed by atoms with Crippen molar-refractivity contribution in [1.29, 1.82) is 0 Å². The molecule has 1 fully saturated rings. The Morgan fingerprint density at radius 1 is 0.650 bits per heavy atom. The zero-order chi connectivity index (χ0) is 43.9. The van der Waals surface area contributed by atoms with E-state index in [2.05, 4.69) is 54.5 Å². The average Bonchev–Trinajstić information content (AvgIpc) is 3.22. The smallest absolute Gasteiger partial charge is 0.397 e. The molecule has 60 heavy (non-hydrogen) atoms. The standard InChI is InChI=1S/C47H86O12S/c1-3-5-7-9-11-13-15-17-19-20-21-23-25-27-29-31-33-35-37-55-39-41(40-56-47-45(51)46(59-60(52,53)54)44(50)42(38-48)58-47)57-43(49)36-34-32-30-28-26-24-22-18-16-14-12-10-8-6-4-2/h5,7,11,13,17,19,41-42,44-48,50-51H,3-4,6,8-10,12,14-16,18,20-40H2,1-2H3,(H,52,53,54)/b7-5-,13-11-,19-17-. The number of rotatable bonds is 41. The van der Waals surface area contributed by atoms with Crippen LogP contribution in [0, 0.1) is 0 Å². The molecule has 12 nitrogen and oxygen atoms in total. The Bertz CT molecular complexity index is 1190. The topological polar surface area (TPSA) is 178 Å². The largest absolute Gasteiger partial charge is 0.457 e. The maximum Gasteiger partial charge on any atom is 0.397 e. The van der Waals surface area contributed by atoms with Crippen LogP contribution in [0.15, 0.2) is 36.5 Å². The van der Waals surface area contributed by atoms with Gasteiger partial charge in [-0.05, 0) is 44.9 Å². The average molecular weight is 875 g/mol. The Labute approximate surface area is 364 Å². The van der Waals surface area contributed by atoms with E-state index in [9.17, 15) is 28.5 Å². The minimum atomic E-state index is -5.06. The van der Waals surface area contributed by atoms with Crippen molar-refractivity contribution in [3.63, 3.8) is 0 Å². The molecule has 6 unspecified atom stereocenters. The third-order valence-electron chi connectivity index (χ3n) is 10.8. The first-order valence-electron chi connectivity index (χ1n) is 23.7. The predicted molar refractivity (Wildman–Crippen MR) is 239 cm³/mol. The first-order valence-corrected chi connectivity index (χ1v) is 25.1. The summed E-state index contributed by atoms with van der Waals surface area (Å²) in [6.07, 6.45) is 36.0. The molecule has 0 aromatic carbocycles. The van der Waals surface area contributed by atoms with Gasteiger partial charge in [0.15, 0.2) is 6.29 Å². The van der Waals surface area contributed by atoms with Crippen molar-refractivity contribution in [2.45, 2.75) is 230 Å². The molecule has 0 aromatic rings. The molecule has 0 saturated carbocycles. The third-order valence-corrected chi connectivity index (χ3v) is 11.2. The van der Waals surface area contributed by atoms with E-state index in [0.717, 1.165) is 64.2 Å². The summed E-state index contributed by atoms with van der Waals surface area (Å²) in [5.41, 5.74) is 0. The van der Waals surface area contributed by atoms with Crippen LogP contribution in [0.5, 0.6) is 0 Å². The highest BCUT2D eigenvalue weighted by molar-refractivity contribution is 7.80. The van der Waals surface area contributed by atoms with Gasteiger partial charge in [0.2, 0.25) is 0 Å². The van der Waals surface area contributed by atoms with E-state index >= 15 is 0 Å². The molecular weight excluding hydrogens is 789 g/mol. The fraction of sp³-hybridized carbons (Fsp3) is 0.851. The maximum atomic E-state index is 12.9. The van der Waals surface area contributed by atoms with Gasteiger partial charge in [0, 0.05) is 13.0 Å². The number of allylic oxidation sites excluding steroid dienone is 6. The van der Waals surface area contributed by atoms with Crippen LogP contribution in [-0.4, -0.2) is 97.5 Å². The van der Waals surface area contributed by atoms with Gasteiger partial charge in [0.1, 0.15) is 30.5 Å². The number of aliphatic hydroxyl groups is 3. The minimum Gasteiger partial charge on any atom is -0.457 e. The second kappa shape index (κ2) is 39.0. The van der Waals surface area contributed by atoms with Crippen LogP contribution in [0.25, 0.3) is 0 Å². The Morgan fingerprint density at radius 3 is 1.68 bits per heavy atom. The van der Waals surface area contributed by atoms with Crippen molar-refractivity contribution in [2.24, 2.45) is 0 Å². The molecule has 352 valence electrons. The second-order valence-electron chi connectivity index (χ2n) is 16.3. The number of aliphatic hydroxyl groups excluding tert-OH is 3. The zero-order valence-electron chi connectivity index (χ0n) is 37.5. The van der Waals surface area contributed by atoms with Crippen LogP contribution in [0.3, 0.4) is 0 Å². The summed E-state index contributed by atoms with van der Waals surface area (Å²) in [6, 6.07) is 0. The SMILES string of the molecule is CC/C=C\C/C=C\C/C=C\CCCCCCCCCCOCC(COC1OC(CO)C(O)C(OS(=O)(=O)O)C1O)OC(=O)CCCCCCCCCCCCCCCCC. The van der Waals surface area contributed by atoms with Gasteiger partial charge in [-0.2, -0.15) is 8.42 Å². The molecule has 0 spiro atoms. The van der Waals surface area contributed by atoms with Gasteiger partial charge in [-0.15, -0.1) is 0 Å². The van der Waals surface area contributed by atoms with Crippen LogP contribution in [0.1, 0.15) is 194 Å². The van der Waals surface area contributed by atoms with Gasteiger partial charge in [-0.1, -0.05) is 179 Å². The summed E-state index contributed by atoms with van der Waals surface area (Å²) in [5, 5.41) is 30.7. The van der Waals surface area contributed by atoms with Gasteiger partial charge in [0.25, 0.3) is 0 Å². The molecule has 0 radical (unpaired) electrons. The third kappa shape index (κ3) is 32.1. The van der Waals surface area contributed by atoms with E-state index in [0.29, 0.717) is 13.0 Å². The molecule has 1 aliphatic heterocycles.